The van der Waals surface area contributed by atoms with E-state index in [0.717, 1.165) is 19.4 Å². The third-order valence-electron chi connectivity index (χ3n) is 3.19. The Morgan fingerprint density at radius 2 is 2.12 bits per heavy atom. The summed E-state index contributed by atoms with van der Waals surface area (Å²) in [6.45, 7) is 4.30. The molecule has 4 nitrogen and oxygen atoms in total. The first-order chi connectivity index (χ1) is 8.06. The highest BCUT2D eigenvalue weighted by atomic mass is 32.1. The van der Waals surface area contributed by atoms with E-state index in [1.807, 2.05) is 4.90 Å². The average molecular weight is 258 g/mol. The zero-order valence-corrected chi connectivity index (χ0v) is 11.5. The van der Waals surface area contributed by atoms with E-state index < -0.39 is 6.04 Å². The van der Waals surface area contributed by atoms with Crippen LogP contribution < -0.4 is 5.32 Å². The van der Waals surface area contributed by atoms with Crippen LogP contribution >= 0.6 is 12.6 Å². The Labute approximate surface area is 109 Å². The standard InChI is InChI=1S/C12H22N2O2S/c1-9-6-4-3-5-7-14(9)12(16)11(8-17)13-10(2)15/h9,11,17H,3-8H2,1-2H3,(H,13,15). The maximum Gasteiger partial charge on any atom is 0.246 e. The van der Waals surface area contributed by atoms with Crippen molar-refractivity contribution in [1.82, 2.24) is 10.2 Å². The minimum atomic E-state index is -0.489. The summed E-state index contributed by atoms with van der Waals surface area (Å²) in [6, 6.07) is -0.225. The third kappa shape index (κ3) is 4.22. The van der Waals surface area contributed by atoms with Gasteiger partial charge < -0.3 is 10.2 Å². The summed E-state index contributed by atoms with van der Waals surface area (Å²) in [6.07, 6.45) is 4.46. The Morgan fingerprint density at radius 3 is 2.71 bits per heavy atom. The number of amides is 2. The normalized spacial score (nSPS) is 22.8. The van der Waals surface area contributed by atoms with Gasteiger partial charge in [0.2, 0.25) is 11.8 Å². The van der Waals surface area contributed by atoms with Crippen molar-refractivity contribution in [2.24, 2.45) is 0 Å². The van der Waals surface area contributed by atoms with Crippen LogP contribution in [0.4, 0.5) is 0 Å². The van der Waals surface area contributed by atoms with Crippen molar-refractivity contribution < 1.29 is 9.59 Å². The van der Waals surface area contributed by atoms with E-state index in [-0.39, 0.29) is 17.9 Å². The van der Waals surface area contributed by atoms with Crippen molar-refractivity contribution in [1.29, 1.82) is 0 Å². The number of rotatable bonds is 3. The van der Waals surface area contributed by atoms with Crippen LogP contribution in [0.15, 0.2) is 0 Å². The first-order valence-corrected chi connectivity index (χ1v) is 6.88. The number of carbonyl (C=O) groups excluding carboxylic acids is 2. The van der Waals surface area contributed by atoms with E-state index >= 15 is 0 Å². The van der Waals surface area contributed by atoms with Gasteiger partial charge in [-0.15, -0.1) is 0 Å². The van der Waals surface area contributed by atoms with E-state index in [0.29, 0.717) is 5.75 Å². The van der Waals surface area contributed by atoms with Crippen molar-refractivity contribution >= 4 is 24.4 Å². The minimum absolute atomic E-state index is 0.00426. The van der Waals surface area contributed by atoms with Gasteiger partial charge in [-0.3, -0.25) is 9.59 Å². The molecule has 1 aliphatic heterocycles. The highest BCUT2D eigenvalue weighted by Gasteiger charge is 2.28. The molecule has 2 atom stereocenters. The van der Waals surface area contributed by atoms with Crippen LogP contribution in [0.2, 0.25) is 0 Å². The number of thiol groups is 1. The Hall–Kier alpha value is -0.710. The lowest BCUT2D eigenvalue weighted by Gasteiger charge is -2.30. The maximum absolute atomic E-state index is 12.3. The van der Waals surface area contributed by atoms with Crippen LogP contribution in [0, 0.1) is 0 Å². The molecule has 0 aromatic carbocycles. The lowest BCUT2D eigenvalue weighted by molar-refractivity contribution is -0.137. The van der Waals surface area contributed by atoms with Gasteiger partial charge in [-0.25, -0.2) is 0 Å². The molecule has 98 valence electrons. The van der Waals surface area contributed by atoms with Gasteiger partial charge in [0.05, 0.1) is 0 Å². The molecule has 17 heavy (non-hydrogen) atoms. The third-order valence-corrected chi connectivity index (χ3v) is 3.56. The summed E-state index contributed by atoms with van der Waals surface area (Å²) in [4.78, 5) is 25.2. The summed E-state index contributed by atoms with van der Waals surface area (Å²) in [5.74, 6) is 0.172. The van der Waals surface area contributed by atoms with E-state index in [9.17, 15) is 9.59 Å². The molecule has 0 bridgehead atoms. The van der Waals surface area contributed by atoms with E-state index in [1.54, 1.807) is 0 Å². The Balaban J connectivity index is 2.67. The first-order valence-electron chi connectivity index (χ1n) is 6.24. The lowest BCUT2D eigenvalue weighted by Crippen LogP contribution is -2.51. The van der Waals surface area contributed by atoms with Crippen molar-refractivity contribution in [3.8, 4) is 0 Å². The molecule has 0 aromatic heterocycles. The van der Waals surface area contributed by atoms with Crippen molar-refractivity contribution in [3.05, 3.63) is 0 Å². The molecule has 2 amide bonds. The van der Waals surface area contributed by atoms with Crippen LogP contribution in [0.25, 0.3) is 0 Å². The van der Waals surface area contributed by atoms with Crippen molar-refractivity contribution in [2.45, 2.75) is 51.6 Å². The number of nitrogens with zero attached hydrogens (tertiary/aromatic N) is 1. The molecule has 0 saturated carbocycles. The summed E-state index contributed by atoms with van der Waals surface area (Å²) >= 11 is 4.14. The molecule has 1 fully saturated rings. The first kappa shape index (κ1) is 14.4. The number of likely N-dealkylation sites (tertiary alicyclic amines) is 1. The molecule has 1 saturated heterocycles. The predicted octanol–water partition coefficient (Wildman–Crippen LogP) is 1.21. The summed E-state index contributed by atoms with van der Waals surface area (Å²) in [7, 11) is 0. The van der Waals surface area contributed by atoms with Gasteiger partial charge >= 0.3 is 0 Å². The Kier molecular flexibility index (Phi) is 5.82. The highest BCUT2D eigenvalue weighted by molar-refractivity contribution is 7.80. The number of hydrogen-bond acceptors (Lipinski definition) is 3. The predicted molar refractivity (Wildman–Crippen MR) is 71.1 cm³/mol. The van der Waals surface area contributed by atoms with Gasteiger partial charge in [-0.2, -0.15) is 12.6 Å². The van der Waals surface area contributed by atoms with Crippen LogP contribution in [0.5, 0.6) is 0 Å². The van der Waals surface area contributed by atoms with E-state index in [1.165, 1.54) is 19.8 Å². The van der Waals surface area contributed by atoms with Gasteiger partial charge in [0, 0.05) is 25.3 Å². The topological polar surface area (TPSA) is 49.4 Å². The second-order valence-electron chi connectivity index (χ2n) is 4.67. The summed E-state index contributed by atoms with van der Waals surface area (Å²) in [5.41, 5.74) is 0. The second-order valence-corrected chi connectivity index (χ2v) is 5.03. The quantitative estimate of drug-likeness (QED) is 0.748. The Bertz CT molecular complexity index is 284. The van der Waals surface area contributed by atoms with Gasteiger partial charge in [-0.05, 0) is 19.8 Å². The molecule has 0 aliphatic carbocycles. The molecule has 1 aliphatic rings. The van der Waals surface area contributed by atoms with Gasteiger partial charge in [0.15, 0.2) is 0 Å². The van der Waals surface area contributed by atoms with Crippen LogP contribution in [0.1, 0.15) is 39.5 Å². The van der Waals surface area contributed by atoms with Gasteiger partial charge in [0.25, 0.3) is 0 Å². The lowest BCUT2D eigenvalue weighted by atomic mass is 10.1. The van der Waals surface area contributed by atoms with Crippen LogP contribution in [-0.2, 0) is 9.59 Å². The number of carbonyl (C=O) groups is 2. The molecule has 0 radical (unpaired) electrons. The largest absolute Gasteiger partial charge is 0.344 e. The van der Waals surface area contributed by atoms with E-state index in [4.69, 9.17) is 0 Å². The zero-order valence-electron chi connectivity index (χ0n) is 10.6. The zero-order chi connectivity index (χ0) is 12.8. The fraction of sp³-hybridized carbons (Fsp3) is 0.833. The molecule has 5 heteroatoms. The fourth-order valence-electron chi connectivity index (χ4n) is 2.23. The highest BCUT2D eigenvalue weighted by Crippen LogP contribution is 2.17. The van der Waals surface area contributed by atoms with Crippen LogP contribution in [0.3, 0.4) is 0 Å². The molecule has 1 N–H and O–H groups in total. The molecule has 0 spiro atoms. The molecular formula is C12H22N2O2S. The Morgan fingerprint density at radius 1 is 1.41 bits per heavy atom. The van der Waals surface area contributed by atoms with Crippen molar-refractivity contribution in [3.63, 3.8) is 0 Å². The molecule has 1 heterocycles. The second kappa shape index (κ2) is 6.89. The molecular weight excluding hydrogens is 236 g/mol. The smallest absolute Gasteiger partial charge is 0.246 e. The monoisotopic (exact) mass is 258 g/mol. The number of hydrogen-bond donors (Lipinski definition) is 2. The van der Waals surface area contributed by atoms with E-state index in [2.05, 4.69) is 24.9 Å². The summed E-state index contributed by atoms with van der Waals surface area (Å²) < 4.78 is 0. The fourth-order valence-corrected chi connectivity index (χ4v) is 2.48. The SMILES string of the molecule is CC(=O)NC(CS)C(=O)N1CCCCCC1C. The molecule has 0 aromatic rings. The van der Waals surface area contributed by atoms with Crippen molar-refractivity contribution in [2.75, 3.05) is 12.3 Å². The molecule has 1 rings (SSSR count). The minimum Gasteiger partial charge on any atom is -0.344 e. The summed E-state index contributed by atoms with van der Waals surface area (Å²) in [5, 5.41) is 2.66. The van der Waals surface area contributed by atoms with Gasteiger partial charge in [-0.1, -0.05) is 12.8 Å². The van der Waals surface area contributed by atoms with Crippen LogP contribution in [-0.4, -0.2) is 41.1 Å². The average Bonchev–Trinajstić information content (AvgIpc) is 2.49. The van der Waals surface area contributed by atoms with Gasteiger partial charge in [0.1, 0.15) is 6.04 Å². The maximum atomic E-state index is 12.3. The molecule has 2 unspecified atom stereocenters. The number of nitrogens with one attached hydrogen (secondary N) is 1.